The molecule has 1 aliphatic rings. The number of methoxy groups -OCH3 is 1. The van der Waals surface area contributed by atoms with Crippen LogP contribution in [0.15, 0.2) is 83.9 Å². The number of nitrogens with zero attached hydrogens (tertiary/aromatic N) is 2. The molecule has 1 atom stereocenters. The zero-order chi connectivity index (χ0) is 27.7. The summed E-state index contributed by atoms with van der Waals surface area (Å²) in [5, 5.41) is 0. The number of rotatable bonds is 7. The van der Waals surface area contributed by atoms with Gasteiger partial charge in [0, 0.05) is 46.7 Å². The van der Waals surface area contributed by atoms with Crippen molar-refractivity contribution in [2.75, 3.05) is 30.8 Å². The first kappa shape index (κ1) is 26.4. The van der Waals surface area contributed by atoms with E-state index < -0.39 is 5.60 Å². The second-order valence-electron chi connectivity index (χ2n) is 10.0. The molecule has 5 nitrogen and oxygen atoms in total. The Hall–Kier alpha value is -4.25. The number of nitrogen functional groups attached to an aromatic ring is 1. The lowest BCUT2D eigenvalue weighted by molar-refractivity contribution is 0.136. The molecule has 0 saturated heterocycles. The Bertz CT molecular complexity index is 1510. The fraction of sp³-hybridized carbons (Fsp3) is 0.265. The number of benzene rings is 4. The third-order valence-electron chi connectivity index (χ3n) is 8.07. The van der Waals surface area contributed by atoms with Crippen molar-refractivity contribution in [3.05, 3.63) is 118 Å². The van der Waals surface area contributed by atoms with E-state index in [2.05, 4.69) is 75.9 Å². The number of fused-ring (bicyclic) bond motifs is 1. The zero-order valence-electron chi connectivity index (χ0n) is 23.7. The van der Waals surface area contributed by atoms with Crippen molar-refractivity contribution in [3.63, 3.8) is 0 Å². The van der Waals surface area contributed by atoms with Crippen molar-refractivity contribution < 1.29 is 9.47 Å². The largest absolute Gasteiger partial charge is 0.497 e. The molecule has 39 heavy (non-hydrogen) atoms. The molecule has 5 heteroatoms. The van der Waals surface area contributed by atoms with Crippen molar-refractivity contribution in [2.45, 2.75) is 40.2 Å². The minimum absolute atomic E-state index is 0.567. The molecule has 0 bridgehead atoms. The van der Waals surface area contributed by atoms with E-state index in [1.165, 1.54) is 5.69 Å². The van der Waals surface area contributed by atoms with Gasteiger partial charge in [0.25, 0.3) is 0 Å². The Kier molecular flexibility index (Phi) is 7.09. The van der Waals surface area contributed by atoms with Crippen LogP contribution in [-0.4, -0.2) is 26.1 Å². The van der Waals surface area contributed by atoms with Crippen LogP contribution in [-0.2, 0) is 10.3 Å². The Morgan fingerprint density at radius 3 is 1.95 bits per heavy atom. The van der Waals surface area contributed by atoms with Crippen LogP contribution < -0.4 is 15.4 Å². The Balaban J connectivity index is 1.87. The van der Waals surface area contributed by atoms with E-state index in [9.17, 15) is 0 Å². The maximum absolute atomic E-state index is 7.17. The number of hydrogen-bond donors (Lipinski definition) is 1. The summed E-state index contributed by atoms with van der Waals surface area (Å²) in [6, 6.07) is 27.0. The third-order valence-corrected chi connectivity index (χ3v) is 8.07. The molecular weight excluding hydrogens is 482 g/mol. The average molecular weight is 520 g/mol. The molecule has 1 heterocycles. The van der Waals surface area contributed by atoms with E-state index in [4.69, 9.17) is 20.2 Å². The van der Waals surface area contributed by atoms with Crippen LogP contribution in [0.5, 0.6) is 5.75 Å². The molecule has 0 amide bonds. The van der Waals surface area contributed by atoms with Gasteiger partial charge in [-0.15, -0.1) is 0 Å². The van der Waals surface area contributed by atoms with Gasteiger partial charge in [-0.1, -0.05) is 42.5 Å². The molecule has 4 aromatic carbocycles. The first-order chi connectivity index (χ1) is 18.8. The summed E-state index contributed by atoms with van der Waals surface area (Å²) < 4.78 is 12.7. The van der Waals surface area contributed by atoms with Crippen LogP contribution in [0.2, 0.25) is 0 Å². The molecule has 0 aromatic heterocycles. The normalized spacial score (nSPS) is 16.2. The van der Waals surface area contributed by atoms with Gasteiger partial charge in [-0.05, 0) is 87.7 Å². The maximum Gasteiger partial charge on any atom is 0.222 e. The van der Waals surface area contributed by atoms with Crippen molar-refractivity contribution in [1.82, 2.24) is 0 Å². The van der Waals surface area contributed by atoms with Crippen LogP contribution in [0.25, 0.3) is 0 Å². The van der Waals surface area contributed by atoms with Gasteiger partial charge in [0.05, 0.1) is 12.8 Å². The minimum Gasteiger partial charge on any atom is -0.497 e. The van der Waals surface area contributed by atoms with Gasteiger partial charge in [0.1, 0.15) is 5.75 Å². The van der Waals surface area contributed by atoms with E-state index >= 15 is 0 Å². The summed E-state index contributed by atoms with van der Waals surface area (Å²) >= 11 is 0. The van der Waals surface area contributed by atoms with Crippen LogP contribution in [0.4, 0.5) is 17.1 Å². The van der Waals surface area contributed by atoms with Gasteiger partial charge in [0.2, 0.25) is 5.90 Å². The molecule has 1 aliphatic heterocycles. The fourth-order valence-corrected chi connectivity index (χ4v) is 5.65. The number of nitrogens with two attached hydrogens (primary N) is 1. The monoisotopic (exact) mass is 519 g/mol. The highest BCUT2D eigenvalue weighted by Gasteiger charge is 2.46. The van der Waals surface area contributed by atoms with E-state index in [-0.39, 0.29) is 0 Å². The van der Waals surface area contributed by atoms with Crippen LogP contribution >= 0.6 is 0 Å². The van der Waals surface area contributed by atoms with Gasteiger partial charge in [-0.25, -0.2) is 4.99 Å². The summed E-state index contributed by atoms with van der Waals surface area (Å²) in [6.45, 7) is 12.5. The minimum atomic E-state index is -0.955. The van der Waals surface area contributed by atoms with Crippen LogP contribution in [0.1, 0.15) is 52.8 Å². The molecule has 4 aromatic rings. The quantitative estimate of drug-likeness (QED) is 0.258. The molecule has 2 N–H and O–H groups in total. The van der Waals surface area contributed by atoms with Crippen molar-refractivity contribution in [1.29, 1.82) is 0 Å². The van der Waals surface area contributed by atoms with E-state index in [1.807, 2.05) is 42.5 Å². The van der Waals surface area contributed by atoms with Gasteiger partial charge >= 0.3 is 0 Å². The topological polar surface area (TPSA) is 60.1 Å². The first-order valence-electron chi connectivity index (χ1n) is 13.6. The van der Waals surface area contributed by atoms with Crippen LogP contribution in [0.3, 0.4) is 0 Å². The lowest BCUT2D eigenvalue weighted by atomic mass is 9.74. The molecule has 0 spiro atoms. The summed E-state index contributed by atoms with van der Waals surface area (Å²) in [5.41, 5.74) is 15.6. The lowest BCUT2D eigenvalue weighted by Gasteiger charge is -2.42. The van der Waals surface area contributed by atoms with Crippen LogP contribution in [0, 0.1) is 20.8 Å². The van der Waals surface area contributed by atoms with Gasteiger partial charge in [-0.3, -0.25) is 0 Å². The smallest absolute Gasteiger partial charge is 0.222 e. The number of hydrogen-bond acceptors (Lipinski definition) is 5. The second kappa shape index (κ2) is 10.5. The van der Waals surface area contributed by atoms with Gasteiger partial charge in [0.15, 0.2) is 5.60 Å². The molecule has 5 rings (SSSR count). The van der Waals surface area contributed by atoms with E-state index in [1.54, 1.807) is 7.11 Å². The number of anilines is 2. The highest BCUT2D eigenvalue weighted by molar-refractivity contribution is 5.99. The number of ether oxygens (including phenoxy) is 2. The second-order valence-corrected chi connectivity index (χ2v) is 10.0. The summed E-state index contributed by atoms with van der Waals surface area (Å²) in [4.78, 5) is 7.46. The maximum atomic E-state index is 7.17. The molecule has 200 valence electrons. The molecule has 0 saturated carbocycles. The highest BCUT2D eigenvalue weighted by Crippen LogP contribution is 2.52. The number of aliphatic imine (C=N–C) groups is 1. The molecule has 1 unspecified atom stereocenters. The SMILES string of the molecule is CCN(CC)c1ccc(C2(c3ccc(OC)cc3)OC(c3ccccc3)=Nc3c(C)c(N)c(C)c(C)c32)cc1. The van der Waals surface area contributed by atoms with E-state index in [0.29, 0.717) is 5.90 Å². The first-order valence-corrected chi connectivity index (χ1v) is 13.6. The van der Waals surface area contributed by atoms with Crippen molar-refractivity contribution >= 4 is 23.0 Å². The van der Waals surface area contributed by atoms with Crippen molar-refractivity contribution in [2.24, 2.45) is 4.99 Å². The Morgan fingerprint density at radius 1 is 0.795 bits per heavy atom. The summed E-state index contributed by atoms with van der Waals surface area (Å²) in [5.74, 6) is 1.36. The fourth-order valence-electron chi connectivity index (χ4n) is 5.65. The predicted molar refractivity (Wildman–Crippen MR) is 162 cm³/mol. The standard InChI is InChI=1S/C34H37N3O2/c1-7-37(8-2)28-18-14-26(15-19-28)34(27-16-20-29(38-6)21-17-27)30-22(3)23(4)31(35)24(5)32(30)36-33(39-34)25-12-10-9-11-13-25/h9-21H,7-8,35H2,1-6H3. The van der Waals surface area contributed by atoms with Crippen molar-refractivity contribution in [3.8, 4) is 5.75 Å². The molecule has 0 radical (unpaired) electrons. The van der Waals surface area contributed by atoms with E-state index in [0.717, 1.165) is 69.2 Å². The third kappa shape index (κ3) is 4.32. The summed E-state index contributed by atoms with van der Waals surface area (Å²) in [6.07, 6.45) is 0. The highest BCUT2D eigenvalue weighted by atomic mass is 16.5. The zero-order valence-corrected chi connectivity index (χ0v) is 23.7. The van der Waals surface area contributed by atoms with Gasteiger partial charge in [-0.2, -0.15) is 0 Å². The molecule has 0 aliphatic carbocycles. The Morgan fingerprint density at radius 2 is 1.38 bits per heavy atom. The Labute approximate surface area is 231 Å². The van der Waals surface area contributed by atoms with Gasteiger partial charge < -0.3 is 20.1 Å². The predicted octanol–water partition coefficient (Wildman–Crippen LogP) is 7.45. The molecule has 0 fully saturated rings. The molecular formula is C34H37N3O2. The average Bonchev–Trinajstić information content (AvgIpc) is 2.99. The lowest BCUT2D eigenvalue weighted by Crippen LogP contribution is -2.39. The summed E-state index contributed by atoms with van der Waals surface area (Å²) in [7, 11) is 1.68.